The van der Waals surface area contributed by atoms with Crippen LogP contribution in [0.5, 0.6) is 0 Å². The van der Waals surface area contributed by atoms with Gasteiger partial charge in [0.1, 0.15) is 0 Å². The van der Waals surface area contributed by atoms with E-state index < -0.39 is 16.1 Å². The zero-order chi connectivity index (χ0) is 14.8. The fraction of sp³-hybridized carbons (Fsp3) is 0.214. The highest BCUT2D eigenvalue weighted by Crippen LogP contribution is 2.19. The molecule has 5 nitrogen and oxygen atoms in total. The number of rotatable bonds is 4. The number of pyridine rings is 1. The monoisotopic (exact) mass is 292 g/mol. The molecule has 0 aliphatic carbocycles. The molecule has 1 aromatic carbocycles. The van der Waals surface area contributed by atoms with E-state index in [9.17, 15) is 13.5 Å². The molecule has 0 radical (unpaired) electrons. The van der Waals surface area contributed by atoms with Gasteiger partial charge in [-0.05, 0) is 43.7 Å². The Bertz CT molecular complexity index is 695. The van der Waals surface area contributed by atoms with Crippen molar-refractivity contribution in [3.63, 3.8) is 0 Å². The Morgan fingerprint density at radius 2 is 1.85 bits per heavy atom. The number of benzene rings is 1. The smallest absolute Gasteiger partial charge is 0.261 e. The third kappa shape index (κ3) is 3.34. The lowest BCUT2D eigenvalue weighted by Gasteiger charge is -2.10. The van der Waals surface area contributed by atoms with Crippen LogP contribution in [0.4, 0.5) is 5.69 Å². The van der Waals surface area contributed by atoms with E-state index in [2.05, 4.69) is 9.71 Å². The molecular weight excluding hydrogens is 276 g/mol. The van der Waals surface area contributed by atoms with E-state index in [0.717, 1.165) is 5.69 Å². The van der Waals surface area contributed by atoms with E-state index in [1.54, 1.807) is 44.3 Å². The topological polar surface area (TPSA) is 79.3 Å². The molecule has 0 saturated heterocycles. The lowest BCUT2D eigenvalue weighted by atomic mass is 10.1. The van der Waals surface area contributed by atoms with Crippen LogP contribution in [0.3, 0.4) is 0 Å². The summed E-state index contributed by atoms with van der Waals surface area (Å²) in [6.07, 6.45) is 0.923. The van der Waals surface area contributed by atoms with Crippen LogP contribution >= 0.6 is 0 Å². The summed E-state index contributed by atoms with van der Waals surface area (Å²) in [5.41, 5.74) is 1.87. The molecule has 6 heteroatoms. The number of hydrogen-bond acceptors (Lipinski definition) is 4. The number of hydrogen-bond donors (Lipinski definition) is 2. The number of nitrogens with zero attached hydrogens (tertiary/aromatic N) is 1. The van der Waals surface area contributed by atoms with Crippen LogP contribution in [-0.2, 0) is 10.0 Å². The van der Waals surface area contributed by atoms with Gasteiger partial charge >= 0.3 is 0 Å². The number of nitrogens with one attached hydrogen (secondary N) is 1. The second kappa shape index (κ2) is 5.60. The first kappa shape index (κ1) is 14.5. The van der Waals surface area contributed by atoms with Crippen LogP contribution in [-0.4, -0.2) is 18.5 Å². The van der Waals surface area contributed by atoms with Crippen molar-refractivity contribution in [2.75, 3.05) is 4.72 Å². The Kier molecular flexibility index (Phi) is 4.06. The van der Waals surface area contributed by atoms with Crippen molar-refractivity contribution >= 4 is 15.7 Å². The first-order chi connectivity index (χ1) is 9.38. The summed E-state index contributed by atoms with van der Waals surface area (Å²) in [6, 6.07) is 9.38. The number of sulfonamides is 1. The molecular formula is C14H16N2O3S. The van der Waals surface area contributed by atoms with Gasteiger partial charge in [0.05, 0.1) is 16.7 Å². The molecule has 0 aliphatic rings. The summed E-state index contributed by atoms with van der Waals surface area (Å²) in [5, 5.41) is 9.41. The van der Waals surface area contributed by atoms with Gasteiger partial charge in [0.15, 0.2) is 0 Å². The third-order valence-corrected chi connectivity index (χ3v) is 4.22. The molecule has 1 unspecified atom stereocenters. The average Bonchev–Trinajstić information content (AvgIpc) is 2.38. The average molecular weight is 292 g/mol. The van der Waals surface area contributed by atoms with Gasteiger partial charge in [0.2, 0.25) is 0 Å². The molecule has 2 aromatic rings. The summed E-state index contributed by atoms with van der Waals surface area (Å²) in [5.74, 6) is 0. The largest absolute Gasteiger partial charge is 0.389 e. The van der Waals surface area contributed by atoms with Gasteiger partial charge in [0.25, 0.3) is 10.0 Å². The zero-order valence-corrected chi connectivity index (χ0v) is 12.1. The third-order valence-electron chi connectivity index (χ3n) is 2.82. The second-order valence-corrected chi connectivity index (χ2v) is 6.22. The number of aryl methyl sites for hydroxylation is 1. The summed E-state index contributed by atoms with van der Waals surface area (Å²) in [7, 11) is -3.63. The zero-order valence-electron chi connectivity index (χ0n) is 11.2. The van der Waals surface area contributed by atoms with Crippen LogP contribution in [0, 0.1) is 6.92 Å². The van der Waals surface area contributed by atoms with Gasteiger partial charge in [-0.15, -0.1) is 0 Å². The molecule has 1 aromatic heterocycles. The van der Waals surface area contributed by atoms with Gasteiger partial charge < -0.3 is 5.11 Å². The minimum atomic E-state index is -3.63. The van der Waals surface area contributed by atoms with E-state index in [1.165, 1.54) is 12.1 Å². The predicted molar refractivity (Wildman–Crippen MR) is 76.9 cm³/mol. The Morgan fingerprint density at radius 1 is 1.20 bits per heavy atom. The van der Waals surface area contributed by atoms with Crippen LogP contribution in [0.15, 0.2) is 47.5 Å². The predicted octanol–water partition coefficient (Wildman–Crippen LogP) is 2.24. The van der Waals surface area contributed by atoms with Gasteiger partial charge in [-0.3, -0.25) is 9.71 Å². The van der Waals surface area contributed by atoms with E-state index in [0.29, 0.717) is 11.3 Å². The summed E-state index contributed by atoms with van der Waals surface area (Å²) >= 11 is 0. The molecule has 0 spiro atoms. The minimum absolute atomic E-state index is 0.149. The molecule has 1 atom stereocenters. The molecule has 2 N–H and O–H groups in total. The lowest BCUT2D eigenvalue weighted by Crippen LogP contribution is -2.13. The van der Waals surface area contributed by atoms with Crippen LogP contribution in [0.2, 0.25) is 0 Å². The highest BCUT2D eigenvalue weighted by molar-refractivity contribution is 7.92. The van der Waals surface area contributed by atoms with Gasteiger partial charge in [-0.1, -0.05) is 12.1 Å². The summed E-state index contributed by atoms with van der Waals surface area (Å²) < 4.78 is 26.9. The Hall–Kier alpha value is -1.92. The fourth-order valence-corrected chi connectivity index (χ4v) is 2.80. The van der Waals surface area contributed by atoms with E-state index in [-0.39, 0.29) is 4.90 Å². The molecule has 2 rings (SSSR count). The Morgan fingerprint density at radius 3 is 2.40 bits per heavy atom. The Labute approximate surface area is 118 Å². The van der Waals surface area contributed by atoms with Crippen LogP contribution in [0.1, 0.15) is 24.3 Å². The standard InChI is InChI=1S/C14H16N2O3S/c1-10-9-13(7-8-15-10)16-20(18,19)14-5-3-12(4-6-14)11(2)17/h3-9,11,17H,1-2H3,(H,15,16). The van der Waals surface area contributed by atoms with Crippen LogP contribution < -0.4 is 4.72 Å². The van der Waals surface area contributed by atoms with E-state index >= 15 is 0 Å². The second-order valence-electron chi connectivity index (χ2n) is 4.54. The quantitative estimate of drug-likeness (QED) is 0.905. The maximum atomic E-state index is 12.2. The van der Waals surface area contributed by atoms with Crippen molar-refractivity contribution < 1.29 is 13.5 Å². The highest BCUT2D eigenvalue weighted by Gasteiger charge is 2.14. The van der Waals surface area contributed by atoms with Crippen molar-refractivity contribution in [2.45, 2.75) is 24.8 Å². The van der Waals surface area contributed by atoms with Crippen molar-refractivity contribution in [1.82, 2.24) is 4.98 Å². The van der Waals surface area contributed by atoms with E-state index in [1.807, 2.05) is 0 Å². The van der Waals surface area contributed by atoms with Gasteiger partial charge in [0, 0.05) is 11.9 Å². The maximum Gasteiger partial charge on any atom is 0.261 e. The van der Waals surface area contributed by atoms with E-state index in [4.69, 9.17) is 0 Å². The van der Waals surface area contributed by atoms with Gasteiger partial charge in [-0.25, -0.2) is 8.42 Å². The van der Waals surface area contributed by atoms with Crippen LogP contribution in [0.25, 0.3) is 0 Å². The molecule has 0 bridgehead atoms. The number of aliphatic hydroxyl groups is 1. The van der Waals surface area contributed by atoms with Crippen molar-refractivity contribution in [3.8, 4) is 0 Å². The first-order valence-corrected chi connectivity index (χ1v) is 7.60. The molecule has 106 valence electrons. The molecule has 0 fully saturated rings. The van der Waals surface area contributed by atoms with Crippen molar-refractivity contribution in [3.05, 3.63) is 53.9 Å². The number of aliphatic hydroxyl groups excluding tert-OH is 1. The van der Waals surface area contributed by atoms with Gasteiger partial charge in [-0.2, -0.15) is 0 Å². The molecule has 0 saturated carbocycles. The normalized spacial score (nSPS) is 12.9. The minimum Gasteiger partial charge on any atom is -0.389 e. The fourth-order valence-electron chi connectivity index (χ4n) is 1.75. The summed E-state index contributed by atoms with van der Waals surface area (Å²) in [6.45, 7) is 3.41. The SMILES string of the molecule is Cc1cc(NS(=O)(=O)c2ccc(C(C)O)cc2)ccn1. The molecule has 0 aliphatic heterocycles. The number of aromatic nitrogens is 1. The Balaban J connectivity index is 2.26. The maximum absolute atomic E-state index is 12.2. The molecule has 20 heavy (non-hydrogen) atoms. The summed E-state index contributed by atoms with van der Waals surface area (Å²) in [4.78, 5) is 4.16. The number of anilines is 1. The molecule has 0 amide bonds. The first-order valence-electron chi connectivity index (χ1n) is 6.12. The van der Waals surface area contributed by atoms with Crippen molar-refractivity contribution in [1.29, 1.82) is 0 Å². The van der Waals surface area contributed by atoms with Crippen molar-refractivity contribution in [2.24, 2.45) is 0 Å². The highest BCUT2D eigenvalue weighted by atomic mass is 32.2. The lowest BCUT2D eigenvalue weighted by molar-refractivity contribution is 0.199. The molecule has 1 heterocycles.